The van der Waals surface area contributed by atoms with Crippen LogP contribution in [0.25, 0.3) is 0 Å². The molecule has 0 spiro atoms. The Kier molecular flexibility index (Phi) is 14.1. The van der Waals surface area contributed by atoms with E-state index in [9.17, 15) is 14.4 Å². The maximum absolute atomic E-state index is 14.6. The molecule has 3 fully saturated rings. The molecule has 1 saturated carbocycles. The van der Waals surface area contributed by atoms with Crippen LogP contribution in [0.15, 0.2) is 29.6 Å². The van der Waals surface area contributed by atoms with Gasteiger partial charge in [-0.2, -0.15) is 0 Å². The van der Waals surface area contributed by atoms with Crippen molar-refractivity contribution in [3.8, 4) is 5.75 Å². The molecule has 13 heteroatoms. The maximum Gasteiger partial charge on any atom is 0.246 e. The number of fused-ring (bicyclic) bond motifs is 1. The Morgan fingerprint density at radius 2 is 1.87 bits per heavy atom. The predicted molar refractivity (Wildman–Crippen MR) is 180 cm³/mol. The van der Waals surface area contributed by atoms with Crippen molar-refractivity contribution in [2.45, 2.75) is 82.6 Å². The van der Waals surface area contributed by atoms with Gasteiger partial charge in [-0.1, -0.05) is 31.4 Å². The molecule has 2 aliphatic heterocycles. The van der Waals surface area contributed by atoms with Crippen LogP contribution in [0.1, 0.15) is 79.5 Å². The number of nitrogens with zero attached hydrogens (tertiary/aromatic N) is 3. The highest BCUT2D eigenvalue weighted by Gasteiger charge is 2.46. The van der Waals surface area contributed by atoms with Gasteiger partial charge in [0.1, 0.15) is 22.5 Å². The first kappa shape index (κ1) is 37.2. The van der Waals surface area contributed by atoms with Gasteiger partial charge in [0.05, 0.1) is 25.3 Å². The molecular formula is C32H47Cl2N5O5S. The fourth-order valence-corrected chi connectivity index (χ4v) is 7.63. The molecule has 5 atom stereocenters. The zero-order valence-corrected chi connectivity index (χ0v) is 29.0. The average Bonchev–Trinajstić information content (AvgIpc) is 3.69. The molecule has 1 aliphatic carbocycles. The molecule has 2 N–H and O–H groups in total. The number of methoxy groups -OCH3 is 1. The Labute approximate surface area is 282 Å². The van der Waals surface area contributed by atoms with Crippen LogP contribution in [0.3, 0.4) is 0 Å². The molecule has 0 radical (unpaired) electrons. The number of ketones is 1. The van der Waals surface area contributed by atoms with Crippen molar-refractivity contribution in [2.75, 3.05) is 40.4 Å². The lowest BCUT2D eigenvalue weighted by molar-refractivity contribution is -0.144. The Bertz CT molecular complexity index is 1290. The molecule has 45 heavy (non-hydrogen) atoms. The van der Waals surface area contributed by atoms with Gasteiger partial charge in [0.2, 0.25) is 17.6 Å². The minimum Gasteiger partial charge on any atom is -0.497 e. The molecule has 2 aromatic rings. The Morgan fingerprint density at radius 1 is 1.11 bits per heavy atom. The molecular weight excluding hydrogens is 637 g/mol. The van der Waals surface area contributed by atoms with Gasteiger partial charge in [-0.05, 0) is 58.2 Å². The van der Waals surface area contributed by atoms with Crippen molar-refractivity contribution >= 4 is 53.7 Å². The van der Waals surface area contributed by atoms with Crippen LogP contribution < -0.4 is 15.4 Å². The highest BCUT2D eigenvalue weighted by molar-refractivity contribution is 7.10. The second-order valence-electron chi connectivity index (χ2n) is 12.0. The minimum absolute atomic E-state index is 0. The van der Waals surface area contributed by atoms with Crippen molar-refractivity contribution in [1.29, 1.82) is 0 Å². The number of rotatable bonds is 11. The number of hydrogen-bond donors (Lipinski definition) is 2. The summed E-state index contributed by atoms with van der Waals surface area (Å²) < 4.78 is 11.3. The van der Waals surface area contributed by atoms with Gasteiger partial charge in [0.25, 0.3) is 0 Å². The van der Waals surface area contributed by atoms with E-state index in [4.69, 9.17) is 14.5 Å². The van der Waals surface area contributed by atoms with Gasteiger partial charge in [-0.3, -0.25) is 19.3 Å². The van der Waals surface area contributed by atoms with Crippen molar-refractivity contribution in [2.24, 2.45) is 5.92 Å². The summed E-state index contributed by atoms with van der Waals surface area (Å²) in [6, 6.07) is 5.90. The lowest BCUT2D eigenvalue weighted by Crippen LogP contribution is -2.61. The van der Waals surface area contributed by atoms with Gasteiger partial charge < -0.3 is 25.0 Å². The van der Waals surface area contributed by atoms with Gasteiger partial charge >= 0.3 is 0 Å². The number of benzene rings is 1. The van der Waals surface area contributed by atoms with E-state index in [2.05, 4.69) is 15.5 Å². The molecule has 3 aliphatic rings. The van der Waals surface area contributed by atoms with Crippen LogP contribution in [0.4, 0.5) is 0 Å². The van der Waals surface area contributed by atoms with Crippen molar-refractivity contribution in [1.82, 2.24) is 25.4 Å². The second-order valence-corrected chi connectivity index (χ2v) is 12.8. The third-order valence-corrected chi connectivity index (χ3v) is 10.2. The van der Waals surface area contributed by atoms with Crippen LogP contribution in [0, 0.1) is 5.92 Å². The molecule has 0 unspecified atom stereocenters. The van der Waals surface area contributed by atoms with Crippen LogP contribution in [0.5, 0.6) is 5.75 Å². The number of nitrogens with one attached hydrogen (secondary N) is 2. The third kappa shape index (κ3) is 8.55. The van der Waals surface area contributed by atoms with E-state index in [1.165, 1.54) is 11.3 Å². The Hall–Kier alpha value is -2.28. The molecule has 2 saturated heterocycles. The fourth-order valence-electron chi connectivity index (χ4n) is 6.73. The van der Waals surface area contributed by atoms with E-state index < -0.39 is 12.1 Å². The monoisotopic (exact) mass is 683 g/mol. The van der Waals surface area contributed by atoms with Gasteiger partial charge in [-0.25, -0.2) is 4.98 Å². The number of hydrogen-bond acceptors (Lipinski definition) is 9. The molecule has 2 amide bonds. The van der Waals surface area contributed by atoms with Crippen molar-refractivity contribution in [3.05, 3.63) is 45.9 Å². The standard InChI is InChI=1S/C32H45N5O5S.2ClH/c1-5-42-25-15-23-16-37(32(40)28(21-10-7-6-8-11-21)35-30(39)20(2)33-3)27(18-36(23)17-25)31-34-26(19-43-31)29(38)22-12-9-13-24(14-22)41-4;;/h9,12-14,19-21,23,25,27-28,33H,5-8,10-11,15-18H2,1-4H3,(H,35,39);2*1H/t20-,23+,25+,27-,28-;;/m0../s1. The first-order valence-electron chi connectivity index (χ1n) is 15.6. The van der Waals surface area contributed by atoms with E-state index in [1.54, 1.807) is 43.8 Å². The second kappa shape index (κ2) is 17.0. The van der Waals surface area contributed by atoms with Crippen molar-refractivity contribution in [3.63, 3.8) is 0 Å². The maximum atomic E-state index is 14.6. The summed E-state index contributed by atoms with van der Waals surface area (Å²) in [4.78, 5) is 50.2. The van der Waals surface area contributed by atoms with E-state index >= 15 is 0 Å². The zero-order valence-electron chi connectivity index (χ0n) is 26.5. The smallest absolute Gasteiger partial charge is 0.246 e. The summed E-state index contributed by atoms with van der Waals surface area (Å²) in [5, 5.41) is 8.66. The first-order chi connectivity index (χ1) is 20.8. The molecule has 1 aromatic carbocycles. The summed E-state index contributed by atoms with van der Waals surface area (Å²) in [5.41, 5.74) is 0.863. The van der Waals surface area contributed by atoms with Gasteiger partial charge in [0.15, 0.2) is 0 Å². The summed E-state index contributed by atoms with van der Waals surface area (Å²) in [6.45, 7) is 6.42. The molecule has 0 bridgehead atoms. The number of aromatic nitrogens is 1. The summed E-state index contributed by atoms with van der Waals surface area (Å²) >= 11 is 1.41. The zero-order chi connectivity index (χ0) is 30.5. The van der Waals surface area contributed by atoms with Crippen LogP contribution in [0.2, 0.25) is 0 Å². The highest BCUT2D eigenvalue weighted by atomic mass is 35.5. The average molecular weight is 685 g/mol. The Morgan fingerprint density at radius 3 is 2.56 bits per heavy atom. The normalized spacial score (nSPS) is 23.2. The topological polar surface area (TPSA) is 113 Å². The number of amides is 2. The first-order valence-corrected chi connectivity index (χ1v) is 16.5. The minimum atomic E-state index is -0.598. The van der Waals surface area contributed by atoms with Crippen LogP contribution in [-0.2, 0) is 14.3 Å². The fraction of sp³-hybridized carbons (Fsp3) is 0.625. The lowest BCUT2D eigenvalue weighted by Gasteiger charge is -2.45. The number of thiazole rings is 1. The van der Waals surface area contributed by atoms with E-state index in [-0.39, 0.29) is 66.5 Å². The van der Waals surface area contributed by atoms with E-state index in [0.29, 0.717) is 36.7 Å². The number of piperazine rings is 1. The number of halogens is 2. The molecule has 250 valence electrons. The van der Waals surface area contributed by atoms with Crippen molar-refractivity contribution < 1.29 is 23.9 Å². The highest BCUT2D eigenvalue weighted by Crippen LogP contribution is 2.37. The number of carbonyl (C=O) groups is 3. The number of likely N-dealkylation sites (N-methyl/N-ethyl adjacent to an activating group) is 1. The predicted octanol–water partition coefficient (Wildman–Crippen LogP) is 4.26. The van der Waals surface area contributed by atoms with E-state index in [0.717, 1.165) is 50.1 Å². The Balaban J connectivity index is 0.00000276. The van der Waals surface area contributed by atoms with E-state index in [1.807, 2.05) is 18.7 Å². The SMILES string of the molecule is CCO[C@@H]1C[C@@H]2CN(C(=O)[C@@H](NC(=O)[C@H](C)NC)C3CCCCC3)[C@H](c3nc(C(=O)c4cccc(OC)c4)cs3)CN2C1.Cl.Cl. The largest absolute Gasteiger partial charge is 0.497 e. The molecule has 1 aromatic heterocycles. The van der Waals surface area contributed by atoms with Crippen LogP contribution in [-0.4, -0.2) is 97.0 Å². The summed E-state index contributed by atoms with van der Waals surface area (Å²) in [5.74, 6) is 0.300. The summed E-state index contributed by atoms with van der Waals surface area (Å²) in [7, 11) is 3.32. The van der Waals surface area contributed by atoms with Gasteiger partial charge in [-0.15, -0.1) is 36.2 Å². The van der Waals surface area contributed by atoms with Crippen LogP contribution >= 0.6 is 36.2 Å². The summed E-state index contributed by atoms with van der Waals surface area (Å²) in [6.07, 6.45) is 6.09. The third-order valence-electron chi connectivity index (χ3n) is 9.25. The lowest BCUT2D eigenvalue weighted by atomic mass is 9.82. The molecule has 5 rings (SSSR count). The molecule has 10 nitrogen and oxygen atoms in total. The number of ether oxygens (including phenoxy) is 2. The number of carbonyl (C=O) groups excluding carboxylic acids is 3. The quantitative estimate of drug-likeness (QED) is 0.338. The molecule has 3 heterocycles. The van der Waals surface area contributed by atoms with Gasteiger partial charge in [0, 0.05) is 43.2 Å².